The molecule has 1 amide bonds. The van der Waals surface area contributed by atoms with E-state index in [-0.39, 0.29) is 5.91 Å². The predicted octanol–water partition coefficient (Wildman–Crippen LogP) is 1.42. The Hall–Kier alpha value is -1.66. The first-order chi connectivity index (χ1) is 10.3. The third-order valence-electron chi connectivity index (χ3n) is 3.85. The second-order valence-corrected chi connectivity index (χ2v) is 7.66. The van der Waals surface area contributed by atoms with Crippen LogP contribution in [-0.2, 0) is 14.8 Å². The van der Waals surface area contributed by atoms with Crippen molar-refractivity contribution < 1.29 is 13.2 Å². The van der Waals surface area contributed by atoms with E-state index in [0.29, 0.717) is 26.2 Å². The molecule has 5 nitrogen and oxygen atoms in total. The van der Waals surface area contributed by atoms with Crippen LogP contribution >= 0.6 is 0 Å². The molecule has 1 aliphatic heterocycles. The topological polar surface area (TPSA) is 57.7 Å². The minimum absolute atomic E-state index is 0.0758. The average molecular weight is 322 g/mol. The van der Waals surface area contributed by atoms with Crippen LogP contribution in [0.15, 0.2) is 24.3 Å². The lowest BCUT2D eigenvalue weighted by Crippen LogP contribution is -2.49. The van der Waals surface area contributed by atoms with E-state index in [9.17, 15) is 13.2 Å². The minimum Gasteiger partial charge on any atom is -0.337 e. The van der Waals surface area contributed by atoms with Crippen molar-refractivity contribution >= 4 is 22.0 Å². The molecule has 0 aliphatic carbocycles. The Bertz CT molecular complexity index is 687. The quantitative estimate of drug-likeness (QED) is 0.791. The van der Waals surface area contributed by atoms with Gasteiger partial charge in [0.15, 0.2) is 0 Å². The Morgan fingerprint density at radius 3 is 2.32 bits per heavy atom. The molecule has 0 unspecified atom stereocenters. The number of benzene rings is 1. The zero-order chi connectivity index (χ0) is 16.3. The maximum Gasteiger partial charge on any atom is 0.246 e. The van der Waals surface area contributed by atoms with E-state index in [1.807, 2.05) is 32.1 Å². The summed E-state index contributed by atoms with van der Waals surface area (Å²) in [5.41, 5.74) is 3.34. The number of carbonyl (C=O) groups excluding carboxylic acids is 1. The van der Waals surface area contributed by atoms with E-state index in [0.717, 1.165) is 11.1 Å². The van der Waals surface area contributed by atoms with Crippen LogP contribution in [0.25, 0.3) is 6.08 Å². The average Bonchev–Trinajstić information content (AvgIpc) is 2.45. The van der Waals surface area contributed by atoms with Crippen molar-refractivity contribution in [3.8, 4) is 0 Å². The Labute approximate surface area is 132 Å². The van der Waals surface area contributed by atoms with Gasteiger partial charge in [-0.05, 0) is 31.1 Å². The fraction of sp³-hybridized carbons (Fsp3) is 0.438. The second-order valence-electron chi connectivity index (χ2n) is 5.68. The summed E-state index contributed by atoms with van der Waals surface area (Å²) in [6.07, 6.45) is 4.58. The Balaban J connectivity index is 1.97. The van der Waals surface area contributed by atoms with Crippen LogP contribution in [0.5, 0.6) is 0 Å². The third-order valence-corrected chi connectivity index (χ3v) is 5.15. The molecule has 0 radical (unpaired) electrons. The molecule has 1 aromatic carbocycles. The maximum atomic E-state index is 12.2. The summed E-state index contributed by atoms with van der Waals surface area (Å²) < 4.78 is 24.3. The summed E-state index contributed by atoms with van der Waals surface area (Å²) in [7, 11) is -3.16. The van der Waals surface area contributed by atoms with Crippen LogP contribution in [0.4, 0.5) is 0 Å². The van der Waals surface area contributed by atoms with Crippen LogP contribution < -0.4 is 0 Å². The molecule has 0 spiro atoms. The van der Waals surface area contributed by atoms with E-state index in [1.165, 1.54) is 16.1 Å². The van der Waals surface area contributed by atoms with Gasteiger partial charge < -0.3 is 4.90 Å². The van der Waals surface area contributed by atoms with Gasteiger partial charge in [-0.15, -0.1) is 0 Å². The first-order valence-electron chi connectivity index (χ1n) is 7.27. The monoisotopic (exact) mass is 322 g/mol. The van der Waals surface area contributed by atoms with Gasteiger partial charge in [0.1, 0.15) is 0 Å². The van der Waals surface area contributed by atoms with Crippen molar-refractivity contribution in [3.63, 3.8) is 0 Å². The molecule has 1 heterocycles. The van der Waals surface area contributed by atoms with Crippen LogP contribution in [0.2, 0.25) is 0 Å². The molecule has 0 atom stereocenters. The maximum absolute atomic E-state index is 12.2. The number of sulfonamides is 1. The number of hydrogen-bond acceptors (Lipinski definition) is 3. The zero-order valence-corrected chi connectivity index (χ0v) is 14.1. The molecule has 1 aliphatic rings. The molecule has 120 valence electrons. The van der Waals surface area contributed by atoms with Gasteiger partial charge in [-0.2, -0.15) is 4.31 Å². The SMILES string of the molecule is Cc1ccc(/C=C/C(=O)N2CCN(S(C)(=O)=O)CC2)c(C)c1. The number of piperazine rings is 1. The molecule has 1 saturated heterocycles. The van der Waals surface area contributed by atoms with Crippen molar-refractivity contribution in [2.75, 3.05) is 32.4 Å². The lowest BCUT2D eigenvalue weighted by molar-refractivity contribution is -0.127. The van der Waals surface area contributed by atoms with E-state index in [4.69, 9.17) is 0 Å². The largest absolute Gasteiger partial charge is 0.337 e. The fourth-order valence-electron chi connectivity index (χ4n) is 2.52. The number of carbonyl (C=O) groups is 1. The lowest BCUT2D eigenvalue weighted by Gasteiger charge is -2.32. The lowest BCUT2D eigenvalue weighted by atomic mass is 10.1. The van der Waals surface area contributed by atoms with Crippen molar-refractivity contribution in [1.82, 2.24) is 9.21 Å². The molecule has 22 heavy (non-hydrogen) atoms. The predicted molar refractivity (Wildman–Crippen MR) is 87.9 cm³/mol. The van der Waals surface area contributed by atoms with Crippen molar-refractivity contribution in [3.05, 3.63) is 41.0 Å². The molecule has 6 heteroatoms. The van der Waals surface area contributed by atoms with Crippen LogP contribution in [-0.4, -0.2) is 56.0 Å². The highest BCUT2D eigenvalue weighted by Crippen LogP contribution is 2.13. The van der Waals surface area contributed by atoms with Gasteiger partial charge in [-0.25, -0.2) is 8.42 Å². The van der Waals surface area contributed by atoms with Gasteiger partial charge in [0, 0.05) is 32.3 Å². The van der Waals surface area contributed by atoms with Crippen molar-refractivity contribution in [1.29, 1.82) is 0 Å². The molecular formula is C16H22N2O3S. The fourth-order valence-corrected chi connectivity index (χ4v) is 3.35. The molecule has 0 bridgehead atoms. The van der Waals surface area contributed by atoms with Crippen LogP contribution in [0.1, 0.15) is 16.7 Å². The Morgan fingerprint density at radius 2 is 1.77 bits per heavy atom. The van der Waals surface area contributed by atoms with Crippen molar-refractivity contribution in [2.45, 2.75) is 13.8 Å². The second kappa shape index (κ2) is 6.62. The first kappa shape index (κ1) is 16.7. The molecule has 1 aromatic rings. The van der Waals surface area contributed by atoms with E-state index in [2.05, 4.69) is 6.07 Å². The first-order valence-corrected chi connectivity index (χ1v) is 9.11. The van der Waals surface area contributed by atoms with Gasteiger partial charge in [0.05, 0.1) is 6.26 Å². The van der Waals surface area contributed by atoms with Gasteiger partial charge in [0.2, 0.25) is 15.9 Å². The number of nitrogens with zero attached hydrogens (tertiary/aromatic N) is 2. The number of amides is 1. The normalized spacial score (nSPS) is 17.1. The Morgan fingerprint density at radius 1 is 1.14 bits per heavy atom. The summed E-state index contributed by atoms with van der Waals surface area (Å²) >= 11 is 0. The summed E-state index contributed by atoms with van der Waals surface area (Å²) in [5, 5.41) is 0. The van der Waals surface area contributed by atoms with Crippen LogP contribution in [0, 0.1) is 13.8 Å². The van der Waals surface area contributed by atoms with E-state index in [1.54, 1.807) is 11.0 Å². The highest BCUT2D eigenvalue weighted by Gasteiger charge is 2.24. The smallest absolute Gasteiger partial charge is 0.246 e. The summed E-state index contributed by atoms with van der Waals surface area (Å²) in [5.74, 6) is -0.0758. The summed E-state index contributed by atoms with van der Waals surface area (Å²) in [6, 6.07) is 6.09. The summed E-state index contributed by atoms with van der Waals surface area (Å²) in [6.45, 7) is 5.64. The van der Waals surface area contributed by atoms with Crippen molar-refractivity contribution in [2.24, 2.45) is 0 Å². The minimum atomic E-state index is -3.16. The van der Waals surface area contributed by atoms with Gasteiger partial charge in [-0.3, -0.25) is 4.79 Å². The molecule has 0 N–H and O–H groups in total. The molecule has 2 rings (SSSR count). The number of hydrogen-bond donors (Lipinski definition) is 0. The number of aryl methyl sites for hydroxylation is 2. The summed E-state index contributed by atoms with van der Waals surface area (Å²) in [4.78, 5) is 13.9. The zero-order valence-electron chi connectivity index (χ0n) is 13.2. The highest BCUT2D eigenvalue weighted by molar-refractivity contribution is 7.88. The van der Waals surface area contributed by atoms with E-state index < -0.39 is 10.0 Å². The highest BCUT2D eigenvalue weighted by atomic mass is 32.2. The van der Waals surface area contributed by atoms with Gasteiger partial charge >= 0.3 is 0 Å². The molecule has 0 saturated carbocycles. The van der Waals surface area contributed by atoms with Gasteiger partial charge in [-0.1, -0.05) is 23.8 Å². The third kappa shape index (κ3) is 4.18. The van der Waals surface area contributed by atoms with Crippen LogP contribution in [0.3, 0.4) is 0 Å². The molecule has 0 aromatic heterocycles. The van der Waals surface area contributed by atoms with E-state index >= 15 is 0 Å². The number of rotatable bonds is 3. The molecule has 1 fully saturated rings. The Kier molecular flexibility index (Phi) is 5.03. The van der Waals surface area contributed by atoms with Gasteiger partial charge in [0.25, 0.3) is 0 Å². The molecular weight excluding hydrogens is 300 g/mol. The standard InChI is InChI=1S/C16H22N2O3S/c1-13-4-5-15(14(2)12-13)6-7-16(19)17-8-10-18(11-9-17)22(3,20)21/h4-7,12H,8-11H2,1-3H3/b7-6+.